The van der Waals surface area contributed by atoms with Gasteiger partial charge in [-0.05, 0) is 32.1 Å². The maximum atomic E-state index is 8.71. The van der Waals surface area contributed by atoms with Crippen molar-refractivity contribution in [3.8, 4) is 0 Å². The quantitative estimate of drug-likeness (QED) is 0.513. The van der Waals surface area contributed by atoms with Crippen molar-refractivity contribution in [2.75, 3.05) is 13.2 Å². The van der Waals surface area contributed by atoms with Crippen LogP contribution in [0, 0.1) is 0 Å². The fourth-order valence-corrected chi connectivity index (χ4v) is 1.49. The van der Waals surface area contributed by atoms with E-state index in [-0.39, 0.29) is 0 Å². The summed E-state index contributed by atoms with van der Waals surface area (Å²) in [6.07, 6.45) is 4.69. The lowest BCUT2D eigenvalue weighted by molar-refractivity contribution is -0.351. The van der Waals surface area contributed by atoms with Crippen LogP contribution in [-0.4, -0.2) is 40.8 Å². The molecule has 90 valence electrons. The first kappa shape index (κ1) is 12.9. The zero-order chi connectivity index (χ0) is 11.1. The molecule has 0 saturated carbocycles. The Morgan fingerprint density at radius 2 is 1.73 bits per heavy atom. The van der Waals surface area contributed by atoms with Crippen molar-refractivity contribution in [1.29, 1.82) is 0 Å². The summed E-state index contributed by atoms with van der Waals surface area (Å²) >= 11 is 0. The average molecular weight is 220 g/mol. The molecular weight excluding hydrogens is 200 g/mol. The molecule has 2 rings (SSSR count). The van der Waals surface area contributed by atoms with Gasteiger partial charge in [-0.25, -0.2) is 0 Å². The third-order valence-electron chi connectivity index (χ3n) is 2.39. The summed E-state index contributed by atoms with van der Waals surface area (Å²) in [4.78, 5) is 0. The fourth-order valence-electron chi connectivity index (χ4n) is 1.49. The number of aliphatic hydroxyl groups is 3. The number of rotatable bonds is 0. The minimum atomic E-state index is -1.82. The Kier molecular flexibility index (Phi) is 5.49. The monoisotopic (exact) mass is 220 g/mol. The van der Waals surface area contributed by atoms with Gasteiger partial charge in [-0.15, -0.1) is 0 Å². The van der Waals surface area contributed by atoms with Crippen molar-refractivity contribution in [2.45, 2.75) is 50.8 Å². The summed E-state index contributed by atoms with van der Waals surface area (Å²) in [6.45, 7) is 1.20. The minimum Gasteiger partial charge on any atom is -0.368 e. The van der Waals surface area contributed by atoms with E-state index in [2.05, 4.69) is 4.74 Å². The second-order valence-corrected chi connectivity index (χ2v) is 3.87. The molecule has 0 bridgehead atoms. The van der Waals surface area contributed by atoms with Crippen LogP contribution in [0.3, 0.4) is 0 Å². The van der Waals surface area contributed by atoms with Gasteiger partial charge in [-0.2, -0.15) is 0 Å². The van der Waals surface area contributed by atoms with Gasteiger partial charge < -0.3 is 24.8 Å². The van der Waals surface area contributed by atoms with Gasteiger partial charge in [0.25, 0.3) is 5.97 Å². The SMILES string of the molecule is OC1(O)CCCCO1.OC1CCCCO1. The Bertz CT molecular complexity index is 157. The highest BCUT2D eigenvalue weighted by Gasteiger charge is 2.26. The maximum Gasteiger partial charge on any atom is 0.277 e. The van der Waals surface area contributed by atoms with Crippen LogP contribution in [0.25, 0.3) is 0 Å². The summed E-state index contributed by atoms with van der Waals surface area (Å²) in [5.74, 6) is -1.82. The zero-order valence-electron chi connectivity index (χ0n) is 8.89. The van der Waals surface area contributed by atoms with Crippen LogP contribution in [0.4, 0.5) is 0 Å². The van der Waals surface area contributed by atoms with Gasteiger partial charge >= 0.3 is 0 Å². The average Bonchev–Trinajstić information content (AvgIpc) is 2.19. The Balaban J connectivity index is 0.000000151. The molecule has 5 nitrogen and oxygen atoms in total. The Hall–Kier alpha value is -0.200. The molecule has 0 aliphatic carbocycles. The van der Waals surface area contributed by atoms with Crippen molar-refractivity contribution < 1.29 is 24.8 Å². The largest absolute Gasteiger partial charge is 0.368 e. The molecule has 0 radical (unpaired) electrons. The molecule has 0 aromatic carbocycles. The molecule has 1 atom stereocenters. The summed E-state index contributed by atoms with van der Waals surface area (Å²) < 4.78 is 9.41. The van der Waals surface area contributed by atoms with E-state index in [0.29, 0.717) is 13.0 Å². The first-order valence-corrected chi connectivity index (χ1v) is 5.48. The molecule has 2 aliphatic rings. The van der Waals surface area contributed by atoms with Crippen LogP contribution >= 0.6 is 0 Å². The second kappa shape index (κ2) is 6.40. The minimum absolute atomic E-state index is 0.340. The van der Waals surface area contributed by atoms with Crippen LogP contribution in [0.2, 0.25) is 0 Å². The molecular formula is C10H20O5. The van der Waals surface area contributed by atoms with Gasteiger partial charge in [0.2, 0.25) is 0 Å². The lowest BCUT2D eigenvalue weighted by Gasteiger charge is -2.25. The molecule has 2 heterocycles. The number of hydrogen-bond acceptors (Lipinski definition) is 5. The van der Waals surface area contributed by atoms with Crippen molar-refractivity contribution >= 4 is 0 Å². The molecule has 2 fully saturated rings. The third kappa shape index (κ3) is 6.06. The highest BCUT2D eigenvalue weighted by Crippen LogP contribution is 2.17. The van der Waals surface area contributed by atoms with Gasteiger partial charge in [0, 0.05) is 13.0 Å². The normalized spacial score (nSPS) is 30.2. The summed E-state index contributed by atoms with van der Waals surface area (Å²) in [6, 6.07) is 0. The van der Waals surface area contributed by atoms with E-state index in [4.69, 9.17) is 20.1 Å². The second-order valence-electron chi connectivity index (χ2n) is 3.87. The van der Waals surface area contributed by atoms with E-state index in [1.165, 1.54) is 0 Å². The van der Waals surface area contributed by atoms with E-state index < -0.39 is 12.3 Å². The van der Waals surface area contributed by atoms with Gasteiger partial charge in [0.05, 0.1) is 6.61 Å². The van der Waals surface area contributed by atoms with Gasteiger partial charge in [0.15, 0.2) is 6.29 Å². The van der Waals surface area contributed by atoms with Crippen LogP contribution in [0.1, 0.15) is 38.5 Å². The predicted octanol–water partition coefficient (Wildman–Crippen LogP) is 0.331. The molecule has 15 heavy (non-hydrogen) atoms. The standard InChI is InChI=1S/C5H10O3.C5H10O2/c6-5(7)3-1-2-4-8-5;6-5-3-1-2-4-7-5/h6-7H,1-4H2;5-6H,1-4H2. The van der Waals surface area contributed by atoms with Crippen LogP contribution in [0.5, 0.6) is 0 Å². The molecule has 5 heteroatoms. The molecule has 2 aliphatic heterocycles. The first-order chi connectivity index (χ1) is 7.10. The van der Waals surface area contributed by atoms with E-state index in [1.54, 1.807) is 0 Å². The predicted molar refractivity (Wildman–Crippen MR) is 52.8 cm³/mol. The van der Waals surface area contributed by atoms with Gasteiger partial charge in [-0.1, -0.05) is 0 Å². The molecule has 0 aromatic heterocycles. The lowest BCUT2D eigenvalue weighted by atomic mass is 10.2. The Morgan fingerprint density at radius 3 is 2.00 bits per heavy atom. The number of aliphatic hydroxyl groups excluding tert-OH is 1. The van der Waals surface area contributed by atoms with Crippen molar-refractivity contribution in [3.63, 3.8) is 0 Å². The van der Waals surface area contributed by atoms with Crippen molar-refractivity contribution in [1.82, 2.24) is 0 Å². The molecule has 0 spiro atoms. The van der Waals surface area contributed by atoms with Crippen LogP contribution in [-0.2, 0) is 9.47 Å². The molecule has 0 amide bonds. The Morgan fingerprint density at radius 1 is 1.00 bits per heavy atom. The highest BCUT2D eigenvalue weighted by atomic mass is 16.8. The van der Waals surface area contributed by atoms with E-state index >= 15 is 0 Å². The van der Waals surface area contributed by atoms with Crippen LogP contribution < -0.4 is 0 Å². The summed E-state index contributed by atoms with van der Waals surface area (Å²) in [7, 11) is 0. The van der Waals surface area contributed by atoms with E-state index in [1.807, 2.05) is 0 Å². The molecule has 1 unspecified atom stereocenters. The first-order valence-electron chi connectivity index (χ1n) is 5.48. The lowest BCUT2D eigenvalue weighted by Crippen LogP contribution is -2.35. The number of hydrogen-bond donors (Lipinski definition) is 3. The molecule has 0 aromatic rings. The topological polar surface area (TPSA) is 79.2 Å². The molecule has 2 saturated heterocycles. The fraction of sp³-hybridized carbons (Fsp3) is 1.00. The van der Waals surface area contributed by atoms with E-state index in [0.717, 1.165) is 38.7 Å². The highest BCUT2D eigenvalue weighted by molar-refractivity contribution is 4.57. The van der Waals surface area contributed by atoms with Gasteiger partial charge in [0.1, 0.15) is 0 Å². The summed E-state index contributed by atoms with van der Waals surface area (Å²) in [5, 5.41) is 26.1. The third-order valence-corrected chi connectivity index (χ3v) is 2.39. The maximum absolute atomic E-state index is 8.71. The van der Waals surface area contributed by atoms with E-state index in [9.17, 15) is 0 Å². The van der Waals surface area contributed by atoms with Crippen LogP contribution in [0.15, 0.2) is 0 Å². The number of ether oxygens (including phenoxy) is 2. The Labute approximate surface area is 89.6 Å². The van der Waals surface area contributed by atoms with Gasteiger partial charge in [-0.3, -0.25) is 0 Å². The molecule has 3 N–H and O–H groups in total. The summed E-state index contributed by atoms with van der Waals surface area (Å²) in [5.41, 5.74) is 0. The zero-order valence-corrected chi connectivity index (χ0v) is 8.89. The van der Waals surface area contributed by atoms with Crippen molar-refractivity contribution in [3.05, 3.63) is 0 Å². The van der Waals surface area contributed by atoms with Crippen molar-refractivity contribution in [2.24, 2.45) is 0 Å². The smallest absolute Gasteiger partial charge is 0.277 e.